The standard InChI is InChI=1S/C16H12N6/c17-16-15(12-8-4-5-9-18-12)20-19-14-10-13(21-22(14)16)11-6-2-1-3-7-11/h1-10H,17H2. The van der Waals surface area contributed by atoms with Crippen LogP contribution in [0, 0.1) is 0 Å². The summed E-state index contributed by atoms with van der Waals surface area (Å²) in [6.07, 6.45) is 1.69. The van der Waals surface area contributed by atoms with Gasteiger partial charge < -0.3 is 5.73 Å². The maximum atomic E-state index is 6.20. The van der Waals surface area contributed by atoms with Crippen molar-refractivity contribution in [3.8, 4) is 22.6 Å². The van der Waals surface area contributed by atoms with Crippen molar-refractivity contribution in [3.63, 3.8) is 0 Å². The number of aromatic nitrogens is 5. The molecular weight excluding hydrogens is 276 g/mol. The molecule has 2 N–H and O–H groups in total. The number of nitrogens with two attached hydrogens (primary N) is 1. The van der Waals surface area contributed by atoms with Crippen LogP contribution in [0.3, 0.4) is 0 Å². The highest BCUT2D eigenvalue weighted by atomic mass is 15.3. The van der Waals surface area contributed by atoms with Gasteiger partial charge in [-0.15, -0.1) is 10.2 Å². The van der Waals surface area contributed by atoms with Gasteiger partial charge in [-0.1, -0.05) is 36.4 Å². The smallest absolute Gasteiger partial charge is 0.180 e. The van der Waals surface area contributed by atoms with Crippen LogP contribution in [-0.2, 0) is 0 Å². The van der Waals surface area contributed by atoms with Crippen LogP contribution in [0.1, 0.15) is 0 Å². The molecule has 0 spiro atoms. The van der Waals surface area contributed by atoms with E-state index in [1.54, 1.807) is 10.7 Å². The summed E-state index contributed by atoms with van der Waals surface area (Å²) in [6, 6.07) is 17.3. The van der Waals surface area contributed by atoms with E-state index < -0.39 is 0 Å². The summed E-state index contributed by atoms with van der Waals surface area (Å²) in [6.45, 7) is 0. The predicted molar refractivity (Wildman–Crippen MR) is 83.9 cm³/mol. The van der Waals surface area contributed by atoms with Gasteiger partial charge in [-0.3, -0.25) is 4.98 Å². The molecule has 106 valence electrons. The number of hydrogen-bond acceptors (Lipinski definition) is 5. The molecule has 0 aliphatic carbocycles. The highest BCUT2D eigenvalue weighted by Crippen LogP contribution is 2.24. The molecule has 0 aliphatic rings. The van der Waals surface area contributed by atoms with Gasteiger partial charge in [0.1, 0.15) is 0 Å². The Kier molecular flexibility index (Phi) is 2.79. The number of hydrogen-bond donors (Lipinski definition) is 1. The molecule has 0 unspecified atom stereocenters. The minimum absolute atomic E-state index is 0.422. The lowest BCUT2D eigenvalue weighted by Gasteiger charge is -2.04. The molecule has 22 heavy (non-hydrogen) atoms. The van der Waals surface area contributed by atoms with Crippen molar-refractivity contribution in [2.24, 2.45) is 0 Å². The highest BCUT2D eigenvalue weighted by molar-refractivity contribution is 5.71. The highest BCUT2D eigenvalue weighted by Gasteiger charge is 2.13. The largest absolute Gasteiger partial charge is 0.382 e. The van der Waals surface area contributed by atoms with Crippen molar-refractivity contribution < 1.29 is 0 Å². The van der Waals surface area contributed by atoms with Gasteiger partial charge >= 0.3 is 0 Å². The third-order valence-corrected chi connectivity index (χ3v) is 3.39. The lowest BCUT2D eigenvalue weighted by molar-refractivity contribution is 0.906. The molecule has 0 fully saturated rings. The first-order chi connectivity index (χ1) is 10.8. The van der Waals surface area contributed by atoms with Crippen LogP contribution in [0.25, 0.3) is 28.3 Å². The summed E-state index contributed by atoms with van der Waals surface area (Å²) in [5, 5.41) is 12.9. The Hall–Kier alpha value is -3.28. The maximum Gasteiger partial charge on any atom is 0.180 e. The van der Waals surface area contributed by atoms with E-state index in [9.17, 15) is 0 Å². The first-order valence-corrected chi connectivity index (χ1v) is 6.82. The van der Waals surface area contributed by atoms with Gasteiger partial charge in [-0.25, -0.2) is 0 Å². The molecule has 3 heterocycles. The summed E-state index contributed by atoms with van der Waals surface area (Å²) in [4.78, 5) is 4.26. The topological polar surface area (TPSA) is 82.0 Å². The van der Waals surface area contributed by atoms with Gasteiger partial charge in [-0.2, -0.15) is 9.61 Å². The number of fused-ring (bicyclic) bond motifs is 1. The van der Waals surface area contributed by atoms with Gasteiger partial charge in [0.25, 0.3) is 0 Å². The molecule has 6 heteroatoms. The molecule has 3 aromatic heterocycles. The van der Waals surface area contributed by atoms with Gasteiger partial charge in [-0.05, 0) is 12.1 Å². The second kappa shape index (κ2) is 4.92. The lowest BCUT2D eigenvalue weighted by atomic mass is 10.2. The van der Waals surface area contributed by atoms with E-state index in [0.29, 0.717) is 22.9 Å². The Balaban J connectivity index is 1.89. The van der Waals surface area contributed by atoms with E-state index in [2.05, 4.69) is 20.3 Å². The third-order valence-electron chi connectivity index (χ3n) is 3.39. The number of anilines is 1. The van der Waals surface area contributed by atoms with Gasteiger partial charge in [0.15, 0.2) is 17.2 Å². The maximum absolute atomic E-state index is 6.20. The number of pyridine rings is 1. The van der Waals surface area contributed by atoms with Crippen molar-refractivity contribution >= 4 is 11.5 Å². The molecule has 0 radical (unpaired) electrons. The van der Waals surface area contributed by atoms with Crippen LogP contribution in [-0.4, -0.2) is 24.8 Å². The zero-order chi connectivity index (χ0) is 14.9. The minimum Gasteiger partial charge on any atom is -0.382 e. The van der Waals surface area contributed by atoms with E-state index in [0.717, 1.165) is 11.3 Å². The van der Waals surface area contributed by atoms with Crippen molar-refractivity contribution in [1.82, 2.24) is 24.8 Å². The minimum atomic E-state index is 0.422. The zero-order valence-electron chi connectivity index (χ0n) is 11.6. The summed E-state index contributed by atoms with van der Waals surface area (Å²) in [5.74, 6) is 0.422. The van der Waals surface area contributed by atoms with Crippen LogP contribution in [0.2, 0.25) is 0 Å². The molecule has 4 rings (SSSR count). The lowest BCUT2D eigenvalue weighted by Crippen LogP contribution is -2.06. The van der Waals surface area contributed by atoms with Crippen LogP contribution in [0.5, 0.6) is 0 Å². The Morgan fingerprint density at radius 3 is 2.45 bits per heavy atom. The molecule has 0 saturated carbocycles. The predicted octanol–water partition coefficient (Wildman–Crippen LogP) is 2.44. The van der Waals surface area contributed by atoms with Gasteiger partial charge in [0, 0.05) is 17.8 Å². The number of nitrogens with zero attached hydrogens (tertiary/aromatic N) is 5. The fraction of sp³-hybridized carbons (Fsp3) is 0. The number of benzene rings is 1. The second-order valence-electron chi connectivity index (χ2n) is 4.81. The Morgan fingerprint density at radius 2 is 1.68 bits per heavy atom. The van der Waals surface area contributed by atoms with Crippen molar-refractivity contribution in [1.29, 1.82) is 0 Å². The first-order valence-electron chi connectivity index (χ1n) is 6.82. The van der Waals surface area contributed by atoms with E-state index in [4.69, 9.17) is 5.73 Å². The molecule has 0 amide bonds. The van der Waals surface area contributed by atoms with Crippen molar-refractivity contribution in [2.75, 3.05) is 5.73 Å². The number of rotatable bonds is 2. The van der Waals surface area contributed by atoms with Crippen LogP contribution in [0.15, 0.2) is 60.8 Å². The summed E-state index contributed by atoms with van der Waals surface area (Å²) in [5.41, 5.74) is 9.82. The average molecular weight is 288 g/mol. The molecule has 1 aromatic carbocycles. The Labute approximate surface area is 126 Å². The van der Waals surface area contributed by atoms with Gasteiger partial charge in [0.2, 0.25) is 0 Å². The van der Waals surface area contributed by atoms with Crippen LogP contribution in [0.4, 0.5) is 5.82 Å². The Morgan fingerprint density at radius 1 is 0.864 bits per heavy atom. The molecule has 0 saturated heterocycles. The molecular formula is C16H12N6. The fourth-order valence-corrected chi connectivity index (χ4v) is 2.31. The quantitative estimate of drug-likeness (QED) is 0.612. The van der Waals surface area contributed by atoms with Crippen LogP contribution < -0.4 is 5.73 Å². The fourth-order valence-electron chi connectivity index (χ4n) is 2.31. The Bertz CT molecular complexity index is 931. The molecule has 0 atom stereocenters. The van der Waals surface area contributed by atoms with Crippen molar-refractivity contribution in [2.45, 2.75) is 0 Å². The third kappa shape index (κ3) is 1.98. The van der Waals surface area contributed by atoms with E-state index >= 15 is 0 Å². The average Bonchev–Trinajstić information content (AvgIpc) is 3.02. The summed E-state index contributed by atoms with van der Waals surface area (Å²) >= 11 is 0. The van der Waals surface area contributed by atoms with E-state index in [1.807, 2.05) is 54.6 Å². The van der Waals surface area contributed by atoms with Gasteiger partial charge in [0.05, 0.1) is 11.4 Å². The SMILES string of the molecule is Nc1c(-c2ccccn2)nnc2cc(-c3ccccc3)nn12. The molecule has 4 aromatic rings. The molecule has 0 bridgehead atoms. The van der Waals surface area contributed by atoms with E-state index in [1.165, 1.54) is 0 Å². The monoisotopic (exact) mass is 288 g/mol. The molecule has 0 aliphatic heterocycles. The first kappa shape index (κ1) is 12.5. The van der Waals surface area contributed by atoms with E-state index in [-0.39, 0.29) is 0 Å². The number of nitrogen functional groups attached to an aromatic ring is 1. The van der Waals surface area contributed by atoms with Crippen molar-refractivity contribution in [3.05, 3.63) is 60.8 Å². The summed E-state index contributed by atoms with van der Waals surface area (Å²) < 4.78 is 1.60. The molecule has 6 nitrogen and oxygen atoms in total. The second-order valence-corrected chi connectivity index (χ2v) is 4.81. The summed E-state index contributed by atoms with van der Waals surface area (Å²) in [7, 11) is 0. The normalized spacial score (nSPS) is 10.9. The van der Waals surface area contributed by atoms with Crippen LogP contribution >= 0.6 is 0 Å². The zero-order valence-corrected chi connectivity index (χ0v) is 11.6.